The molecule has 0 bridgehead atoms. The highest BCUT2D eigenvalue weighted by Crippen LogP contribution is 2.40. The smallest absolute Gasteiger partial charge is 0.312 e. The third kappa shape index (κ3) is 4.67. The van der Waals surface area contributed by atoms with Crippen LogP contribution >= 0.6 is 0 Å². The van der Waals surface area contributed by atoms with Gasteiger partial charge in [0.15, 0.2) is 0 Å². The number of hydrogen-bond donors (Lipinski definition) is 2. The van der Waals surface area contributed by atoms with Crippen molar-refractivity contribution in [3.63, 3.8) is 0 Å². The fourth-order valence-corrected chi connectivity index (χ4v) is 4.59. The standard InChI is InChI=1S/C13H24N2O5S/c1-4-14-11(16)10(2)15-21(18,19)9-13(12(17)20-3)7-5-6-8-13/h10,15H,4-9H2,1-3H3,(H,14,16)/t10-/m1/s1. The molecule has 0 unspecified atom stereocenters. The van der Waals surface area contributed by atoms with Crippen LogP contribution in [0.3, 0.4) is 0 Å². The van der Waals surface area contributed by atoms with Crippen LogP contribution in [0.15, 0.2) is 0 Å². The van der Waals surface area contributed by atoms with Crippen LogP contribution in [0.2, 0.25) is 0 Å². The number of carbonyl (C=O) groups is 2. The molecule has 0 aromatic carbocycles. The second-order valence-electron chi connectivity index (χ2n) is 5.47. The summed E-state index contributed by atoms with van der Waals surface area (Å²) in [4.78, 5) is 23.5. The van der Waals surface area contributed by atoms with Crippen molar-refractivity contribution in [3.05, 3.63) is 0 Å². The topological polar surface area (TPSA) is 102 Å². The van der Waals surface area contributed by atoms with Gasteiger partial charge in [0.1, 0.15) is 0 Å². The first kappa shape index (κ1) is 17.9. The summed E-state index contributed by atoms with van der Waals surface area (Å²) in [5, 5.41) is 2.55. The number of nitrogens with one attached hydrogen (secondary N) is 2. The number of sulfonamides is 1. The third-order valence-corrected chi connectivity index (χ3v) is 5.39. The maximum atomic E-state index is 12.2. The summed E-state index contributed by atoms with van der Waals surface area (Å²) in [6.45, 7) is 3.66. The number of ether oxygens (including phenoxy) is 1. The van der Waals surface area contributed by atoms with Crippen molar-refractivity contribution >= 4 is 21.9 Å². The lowest BCUT2D eigenvalue weighted by Crippen LogP contribution is -2.48. The molecule has 1 aliphatic carbocycles. The number of rotatable bonds is 7. The molecule has 0 aromatic rings. The van der Waals surface area contributed by atoms with Crippen molar-refractivity contribution in [1.29, 1.82) is 0 Å². The Morgan fingerprint density at radius 1 is 1.29 bits per heavy atom. The van der Waals surface area contributed by atoms with Crippen LogP contribution in [0.5, 0.6) is 0 Å². The number of methoxy groups -OCH3 is 1. The first-order valence-corrected chi connectivity index (χ1v) is 8.78. The Kier molecular flexibility index (Phi) is 6.15. The predicted octanol–water partition coefficient (Wildman–Crippen LogP) is 0.164. The van der Waals surface area contributed by atoms with Gasteiger partial charge >= 0.3 is 5.97 Å². The normalized spacial score (nSPS) is 19.0. The molecule has 8 heteroatoms. The molecule has 1 atom stereocenters. The van der Waals surface area contributed by atoms with E-state index >= 15 is 0 Å². The number of likely N-dealkylation sites (N-methyl/N-ethyl adjacent to an activating group) is 1. The quantitative estimate of drug-likeness (QED) is 0.651. The molecule has 0 aliphatic heterocycles. The van der Waals surface area contributed by atoms with E-state index in [4.69, 9.17) is 4.74 Å². The van der Waals surface area contributed by atoms with E-state index in [1.807, 2.05) is 0 Å². The lowest BCUT2D eigenvalue weighted by atomic mass is 9.89. The molecule has 7 nitrogen and oxygen atoms in total. The number of carbonyl (C=O) groups excluding carboxylic acids is 2. The summed E-state index contributed by atoms with van der Waals surface area (Å²) < 4.78 is 31.6. The van der Waals surface area contributed by atoms with Crippen molar-refractivity contribution in [2.45, 2.75) is 45.6 Å². The minimum atomic E-state index is -3.75. The summed E-state index contributed by atoms with van der Waals surface area (Å²) in [6, 6.07) is -0.869. The second-order valence-corrected chi connectivity index (χ2v) is 7.23. The molecule has 122 valence electrons. The summed E-state index contributed by atoms with van der Waals surface area (Å²) in [6.07, 6.45) is 2.60. The number of hydrogen-bond acceptors (Lipinski definition) is 5. The molecule has 1 aliphatic rings. The van der Waals surface area contributed by atoms with E-state index in [0.29, 0.717) is 19.4 Å². The van der Waals surface area contributed by atoms with E-state index < -0.39 is 27.4 Å². The van der Waals surface area contributed by atoms with Gasteiger partial charge in [-0.2, -0.15) is 0 Å². The van der Waals surface area contributed by atoms with Gasteiger partial charge in [-0.1, -0.05) is 12.8 Å². The van der Waals surface area contributed by atoms with Crippen LogP contribution in [0.25, 0.3) is 0 Å². The van der Waals surface area contributed by atoms with E-state index in [9.17, 15) is 18.0 Å². The van der Waals surface area contributed by atoms with Crippen molar-refractivity contribution in [1.82, 2.24) is 10.0 Å². The van der Waals surface area contributed by atoms with E-state index in [0.717, 1.165) is 12.8 Å². The summed E-state index contributed by atoms with van der Waals surface area (Å²) in [7, 11) is -2.49. The Labute approximate surface area is 125 Å². The van der Waals surface area contributed by atoms with Crippen LogP contribution in [-0.4, -0.2) is 45.7 Å². The van der Waals surface area contributed by atoms with Gasteiger partial charge in [0, 0.05) is 6.54 Å². The molecule has 0 saturated heterocycles. The van der Waals surface area contributed by atoms with Crippen molar-refractivity contribution < 1.29 is 22.7 Å². The molecule has 0 radical (unpaired) electrons. The zero-order valence-electron chi connectivity index (χ0n) is 12.8. The predicted molar refractivity (Wildman–Crippen MR) is 78.0 cm³/mol. The highest BCUT2D eigenvalue weighted by atomic mass is 32.2. The Morgan fingerprint density at radius 3 is 2.33 bits per heavy atom. The van der Waals surface area contributed by atoms with E-state index in [-0.39, 0.29) is 11.7 Å². The van der Waals surface area contributed by atoms with Gasteiger partial charge in [0.25, 0.3) is 0 Å². The monoisotopic (exact) mass is 320 g/mol. The van der Waals surface area contributed by atoms with Crippen LogP contribution in [0.4, 0.5) is 0 Å². The average Bonchev–Trinajstić information content (AvgIpc) is 2.86. The first-order chi connectivity index (χ1) is 9.76. The zero-order chi connectivity index (χ0) is 16.1. The van der Waals surface area contributed by atoms with Gasteiger partial charge < -0.3 is 10.1 Å². The zero-order valence-corrected chi connectivity index (χ0v) is 13.6. The van der Waals surface area contributed by atoms with E-state index in [1.54, 1.807) is 6.92 Å². The largest absolute Gasteiger partial charge is 0.469 e. The maximum absolute atomic E-state index is 12.2. The number of esters is 1. The minimum absolute atomic E-state index is 0.337. The molecule has 1 amide bonds. The summed E-state index contributed by atoms with van der Waals surface area (Å²) >= 11 is 0. The molecule has 1 fully saturated rings. The first-order valence-electron chi connectivity index (χ1n) is 7.12. The van der Waals surface area contributed by atoms with Crippen LogP contribution < -0.4 is 10.0 Å². The second kappa shape index (κ2) is 7.22. The Hall–Kier alpha value is -1.15. The fourth-order valence-electron chi connectivity index (χ4n) is 2.73. The molecule has 1 rings (SSSR count). The number of amides is 1. The Bertz CT molecular complexity index is 483. The van der Waals surface area contributed by atoms with Crippen LogP contribution in [0, 0.1) is 5.41 Å². The highest BCUT2D eigenvalue weighted by Gasteiger charge is 2.46. The van der Waals surface area contributed by atoms with E-state index in [2.05, 4.69) is 10.0 Å². The molecule has 21 heavy (non-hydrogen) atoms. The molecule has 0 aromatic heterocycles. The van der Waals surface area contributed by atoms with Gasteiger partial charge in [-0.05, 0) is 26.7 Å². The van der Waals surface area contributed by atoms with E-state index in [1.165, 1.54) is 14.0 Å². The average molecular weight is 320 g/mol. The van der Waals surface area contributed by atoms with Gasteiger partial charge in [-0.25, -0.2) is 13.1 Å². The maximum Gasteiger partial charge on any atom is 0.312 e. The molecular weight excluding hydrogens is 296 g/mol. The lowest BCUT2D eigenvalue weighted by Gasteiger charge is -2.26. The molecule has 0 heterocycles. The highest BCUT2D eigenvalue weighted by molar-refractivity contribution is 7.89. The molecule has 2 N–H and O–H groups in total. The Balaban J connectivity index is 2.78. The molecule has 1 saturated carbocycles. The van der Waals surface area contributed by atoms with Crippen LogP contribution in [0.1, 0.15) is 39.5 Å². The summed E-state index contributed by atoms with van der Waals surface area (Å²) in [5.41, 5.74) is -0.985. The van der Waals surface area contributed by atoms with Crippen molar-refractivity contribution in [2.24, 2.45) is 5.41 Å². The van der Waals surface area contributed by atoms with Gasteiger partial charge in [-0.3, -0.25) is 9.59 Å². The Morgan fingerprint density at radius 2 is 1.86 bits per heavy atom. The van der Waals surface area contributed by atoms with Crippen LogP contribution in [-0.2, 0) is 24.3 Å². The fraction of sp³-hybridized carbons (Fsp3) is 0.846. The van der Waals surface area contributed by atoms with Crippen molar-refractivity contribution in [3.8, 4) is 0 Å². The summed E-state index contributed by atoms with van der Waals surface area (Å²) in [5.74, 6) is -1.22. The van der Waals surface area contributed by atoms with Gasteiger partial charge in [-0.15, -0.1) is 0 Å². The van der Waals surface area contributed by atoms with Gasteiger partial charge in [0.2, 0.25) is 15.9 Å². The minimum Gasteiger partial charge on any atom is -0.469 e. The molecular formula is C13H24N2O5S. The van der Waals surface area contributed by atoms with Gasteiger partial charge in [0.05, 0.1) is 24.3 Å². The SMILES string of the molecule is CCNC(=O)[C@@H](C)NS(=O)(=O)CC1(C(=O)OC)CCCC1. The third-order valence-electron chi connectivity index (χ3n) is 3.75. The molecule has 0 spiro atoms. The lowest BCUT2D eigenvalue weighted by molar-refractivity contribution is -0.151. The van der Waals surface area contributed by atoms with Crippen molar-refractivity contribution in [2.75, 3.05) is 19.4 Å².